The first-order valence-corrected chi connectivity index (χ1v) is 6.93. The number of carboxylic acids is 1. The van der Waals surface area contributed by atoms with E-state index in [4.69, 9.17) is 10.8 Å². The SMILES string of the molecule is NC(C(=O)/C=C/c1ccc([N+](=O)[O-])cc1)c1ccc(C(=O)O)cc1. The Kier molecular flexibility index (Phi) is 5.18. The summed E-state index contributed by atoms with van der Waals surface area (Å²) in [5.74, 6) is -1.42. The van der Waals surface area contributed by atoms with Crippen molar-refractivity contribution in [1.29, 1.82) is 0 Å². The fourth-order valence-corrected chi connectivity index (χ4v) is 1.99. The Balaban J connectivity index is 2.07. The van der Waals surface area contributed by atoms with E-state index in [1.54, 1.807) is 0 Å². The molecule has 0 aliphatic heterocycles. The monoisotopic (exact) mass is 326 g/mol. The first-order chi connectivity index (χ1) is 11.4. The molecular formula is C17H14N2O5. The second-order valence-corrected chi connectivity index (χ2v) is 4.99. The minimum Gasteiger partial charge on any atom is -0.478 e. The highest BCUT2D eigenvalue weighted by molar-refractivity contribution is 5.98. The van der Waals surface area contributed by atoms with E-state index in [-0.39, 0.29) is 17.0 Å². The lowest BCUT2D eigenvalue weighted by molar-refractivity contribution is -0.384. The van der Waals surface area contributed by atoms with Gasteiger partial charge in [0.15, 0.2) is 5.78 Å². The second-order valence-electron chi connectivity index (χ2n) is 4.99. The van der Waals surface area contributed by atoms with Gasteiger partial charge in [0.1, 0.15) is 0 Å². The maximum atomic E-state index is 12.1. The summed E-state index contributed by atoms with van der Waals surface area (Å²) in [6, 6.07) is 10.6. The van der Waals surface area contributed by atoms with Crippen LogP contribution in [0.4, 0.5) is 5.69 Å². The van der Waals surface area contributed by atoms with Gasteiger partial charge in [-0.1, -0.05) is 18.2 Å². The van der Waals surface area contributed by atoms with Gasteiger partial charge in [0.05, 0.1) is 16.5 Å². The van der Waals surface area contributed by atoms with Crippen molar-refractivity contribution in [2.75, 3.05) is 0 Å². The highest BCUT2D eigenvalue weighted by Gasteiger charge is 2.14. The summed E-state index contributed by atoms with van der Waals surface area (Å²) in [5, 5.41) is 19.4. The van der Waals surface area contributed by atoms with E-state index in [1.165, 1.54) is 60.7 Å². The number of benzene rings is 2. The van der Waals surface area contributed by atoms with E-state index < -0.39 is 16.9 Å². The largest absolute Gasteiger partial charge is 0.478 e. The molecule has 2 aromatic rings. The summed E-state index contributed by atoms with van der Waals surface area (Å²) < 4.78 is 0. The van der Waals surface area contributed by atoms with E-state index in [1.807, 2.05) is 0 Å². The lowest BCUT2D eigenvalue weighted by atomic mass is 10.0. The molecule has 0 heterocycles. The molecule has 3 N–H and O–H groups in total. The molecule has 0 saturated heterocycles. The quantitative estimate of drug-likeness (QED) is 0.477. The molecule has 122 valence electrons. The van der Waals surface area contributed by atoms with E-state index in [0.29, 0.717) is 11.1 Å². The van der Waals surface area contributed by atoms with Crippen LogP contribution in [0.2, 0.25) is 0 Å². The molecule has 0 radical (unpaired) electrons. The molecule has 0 aromatic heterocycles. The molecule has 24 heavy (non-hydrogen) atoms. The zero-order chi connectivity index (χ0) is 17.7. The van der Waals surface area contributed by atoms with Crippen LogP contribution in [0.5, 0.6) is 0 Å². The molecule has 0 aliphatic carbocycles. The van der Waals surface area contributed by atoms with Crippen LogP contribution in [0.3, 0.4) is 0 Å². The van der Waals surface area contributed by atoms with Gasteiger partial charge in [-0.05, 0) is 41.5 Å². The minimum absolute atomic E-state index is 0.0336. The number of nitrogens with zero attached hydrogens (tertiary/aromatic N) is 1. The van der Waals surface area contributed by atoms with Crippen LogP contribution in [-0.2, 0) is 4.79 Å². The first kappa shape index (κ1) is 17.0. The predicted octanol–water partition coefficient (Wildman–Crippen LogP) is 2.58. The van der Waals surface area contributed by atoms with Crippen molar-refractivity contribution in [3.8, 4) is 0 Å². The average molecular weight is 326 g/mol. The molecular weight excluding hydrogens is 312 g/mol. The fraction of sp³-hybridized carbons (Fsp3) is 0.0588. The van der Waals surface area contributed by atoms with Gasteiger partial charge in [0.25, 0.3) is 5.69 Å². The Hall–Kier alpha value is -3.32. The third-order valence-electron chi connectivity index (χ3n) is 3.37. The topological polar surface area (TPSA) is 124 Å². The number of ketones is 1. The van der Waals surface area contributed by atoms with Crippen LogP contribution >= 0.6 is 0 Å². The number of carbonyl (C=O) groups is 2. The highest BCUT2D eigenvalue weighted by Crippen LogP contribution is 2.16. The Bertz CT molecular complexity index is 795. The Morgan fingerprint density at radius 1 is 1.08 bits per heavy atom. The molecule has 1 atom stereocenters. The lowest BCUT2D eigenvalue weighted by Gasteiger charge is -2.08. The van der Waals surface area contributed by atoms with Gasteiger partial charge in [-0.2, -0.15) is 0 Å². The Morgan fingerprint density at radius 3 is 2.17 bits per heavy atom. The number of hydrogen-bond acceptors (Lipinski definition) is 5. The van der Waals surface area contributed by atoms with Crippen molar-refractivity contribution in [2.24, 2.45) is 5.73 Å². The highest BCUT2D eigenvalue weighted by atomic mass is 16.6. The molecule has 1 unspecified atom stereocenters. The summed E-state index contributed by atoms with van der Waals surface area (Å²) >= 11 is 0. The lowest BCUT2D eigenvalue weighted by Crippen LogP contribution is -2.19. The predicted molar refractivity (Wildman–Crippen MR) is 87.5 cm³/mol. The standard InChI is InChI=1S/C17H14N2O5/c18-16(12-4-6-13(7-5-12)17(21)22)15(20)10-3-11-1-8-14(9-2-11)19(23)24/h1-10,16H,18H2,(H,21,22)/b10-3+. The second kappa shape index (κ2) is 7.30. The van der Waals surface area contributed by atoms with Crippen LogP contribution in [-0.4, -0.2) is 21.8 Å². The zero-order valence-corrected chi connectivity index (χ0v) is 12.5. The van der Waals surface area contributed by atoms with Crippen molar-refractivity contribution in [3.05, 3.63) is 81.4 Å². The fourth-order valence-electron chi connectivity index (χ4n) is 1.99. The Labute approximate surface area is 137 Å². The number of hydrogen-bond donors (Lipinski definition) is 2. The summed E-state index contributed by atoms with van der Waals surface area (Å²) in [6.07, 6.45) is 2.80. The molecule has 2 rings (SSSR count). The molecule has 2 aromatic carbocycles. The number of non-ortho nitro benzene ring substituents is 1. The molecule has 0 amide bonds. The van der Waals surface area contributed by atoms with E-state index in [9.17, 15) is 19.7 Å². The van der Waals surface area contributed by atoms with Crippen molar-refractivity contribution in [2.45, 2.75) is 6.04 Å². The summed E-state index contributed by atoms with van der Waals surface area (Å²) in [4.78, 5) is 32.9. The summed E-state index contributed by atoms with van der Waals surface area (Å²) in [6.45, 7) is 0. The summed E-state index contributed by atoms with van der Waals surface area (Å²) in [5.41, 5.74) is 7.06. The van der Waals surface area contributed by atoms with Crippen molar-refractivity contribution >= 4 is 23.5 Å². The molecule has 0 fully saturated rings. The van der Waals surface area contributed by atoms with E-state index >= 15 is 0 Å². The van der Waals surface area contributed by atoms with Gasteiger partial charge in [-0.3, -0.25) is 14.9 Å². The van der Waals surface area contributed by atoms with Crippen LogP contribution in [0, 0.1) is 10.1 Å². The van der Waals surface area contributed by atoms with Crippen molar-refractivity contribution < 1.29 is 19.6 Å². The molecule has 7 heteroatoms. The van der Waals surface area contributed by atoms with Gasteiger partial charge < -0.3 is 10.8 Å². The zero-order valence-electron chi connectivity index (χ0n) is 12.5. The average Bonchev–Trinajstić information content (AvgIpc) is 2.59. The molecule has 0 aliphatic rings. The van der Waals surface area contributed by atoms with Gasteiger partial charge >= 0.3 is 5.97 Å². The van der Waals surface area contributed by atoms with E-state index in [2.05, 4.69) is 0 Å². The number of carboxylic acid groups (broad SMARTS) is 1. The van der Waals surface area contributed by atoms with Gasteiger partial charge in [-0.15, -0.1) is 0 Å². The minimum atomic E-state index is -1.06. The molecule has 7 nitrogen and oxygen atoms in total. The van der Waals surface area contributed by atoms with Crippen LogP contribution in [0.15, 0.2) is 54.6 Å². The van der Waals surface area contributed by atoms with Crippen LogP contribution in [0.25, 0.3) is 6.08 Å². The van der Waals surface area contributed by atoms with Gasteiger partial charge in [0.2, 0.25) is 0 Å². The maximum absolute atomic E-state index is 12.1. The first-order valence-electron chi connectivity index (χ1n) is 6.93. The van der Waals surface area contributed by atoms with Crippen LogP contribution in [0.1, 0.15) is 27.5 Å². The number of rotatable bonds is 6. The third-order valence-corrected chi connectivity index (χ3v) is 3.37. The number of carbonyl (C=O) groups excluding carboxylic acids is 1. The molecule has 0 saturated carbocycles. The van der Waals surface area contributed by atoms with Crippen LogP contribution < -0.4 is 5.73 Å². The van der Waals surface area contributed by atoms with Crippen molar-refractivity contribution in [3.63, 3.8) is 0 Å². The number of nitro groups is 1. The molecule has 0 bridgehead atoms. The van der Waals surface area contributed by atoms with Gasteiger partial charge in [0, 0.05) is 12.1 Å². The Morgan fingerprint density at radius 2 is 1.67 bits per heavy atom. The number of nitrogens with two attached hydrogens (primary N) is 1. The van der Waals surface area contributed by atoms with E-state index in [0.717, 1.165) is 0 Å². The summed E-state index contributed by atoms with van der Waals surface area (Å²) in [7, 11) is 0. The smallest absolute Gasteiger partial charge is 0.335 e. The number of nitro benzene ring substituents is 1. The number of aromatic carboxylic acids is 1. The third kappa shape index (κ3) is 4.11. The maximum Gasteiger partial charge on any atom is 0.335 e. The van der Waals surface area contributed by atoms with Gasteiger partial charge in [-0.25, -0.2) is 4.79 Å². The molecule has 0 spiro atoms. The normalized spacial score (nSPS) is 12.0. The van der Waals surface area contributed by atoms with Crippen molar-refractivity contribution in [1.82, 2.24) is 0 Å².